The summed E-state index contributed by atoms with van der Waals surface area (Å²) in [5, 5.41) is 5.60. The number of hydrogen-bond donors (Lipinski definition) is 4. The summed E-state index contributed by atoms with van der Waals surface area (Å²) >= 11 is 0. The zero-order valence-electron chi connectivity index (χ0n) is 32.2. The van der Waals surface area contributed by atoms with Crippen LogP contribution in [0.15, 0.2) is 79.3 Å². The maximum absolute atomic E-state index is 14.1. The number of benzene rings is 2. The Morgan fingerprint density at radius 3 is 2.14 bits per heavy atom. The predicted molar refractivity (Wildman–Crippen MR) is 210 cm³/mol. The van der Waals surface area contributed by atoms with Crippen LogP contribution in [-0.4, -0.2) is 80.6 Å². The van der Waals surface area contributed by atoms with Gasteiger partial charge in [0.15, 0.2) is 0 Å². The molecule has 57 heavy (non-hydrogen) atoms. The van der Waals surface area contributed by atoms with Crippen LogP contribution in [-0.2, 0) is 25.6 Å². The molecule has 4 heterocycles. The fraction of sp³-hybridized carbons (Fsp3) is 0.395. The number of hydrogen-bond acceptors (Lipinski definition) is 8. The molecule has 3 amide bonds. The van der Waals surface area contributed by atoms with Gasteiger partial charge in [0.1, 0.15) is 17.7 Å². The number of ether oxygens (including phenoxy) is 2. The van der Waals surface area contributed by atoms with E-state index in [1.807, 2.05) is 18.3 Å². The first kappa shape index (κ1) is 38.0. The van der Waals surface area contributed by atoms with Gasteiger partial charge in [-0.25, -0.2) is 19.7 Å². The molecule has 14 heteroatoms. The third kappa shape index (κ3) is 7.65. The minimum atomic E-state index is -0.894. The van der Waals surface area contributed by atoms with Crippen molar-refractivity contribution < 1.29 is 28.2 Å². The maximum atomic E-state index is 14.1. The second-order valence-corrected chi connectivity index (χ2v) is 15.3. The number of nitrogens with one attached hydrogen (secondary N) is 4. The summed E-state index contributed by atoms with van der Waals surface area (Å²) in [5.74, 6) is 1.13. The standard InChI is InChI=1S/C43H47FN8O5/c1-24(56-2)37(51-43(55)57-3)42(54)52-19-5-7-34(52)39-46-22-32(49-39)27-12-8-25(9-13-27)26-10-14-28(15-11-26)33-23-47-40(50-33)35-29-16-17-30(20-29)36(35)41(53)48-21-31-6-4-18-45-38(31)44/h4,6,8-15,18,22-24,29-30,34-37H,5,7,16-17,19-21H2,1-3H3,(H,46,49)(H,47,50)(H,48,53)(H,51,55)/t24-,29?,30?,34+,35-,36?,37+/m1/s1. The summed E-state index contributed by atoms with van der Waals surface area (Å²) in [4.78, 5) is 61.0. The van der Waals surface area contributed by atoms with Crippen molar-refractivity contribution in [1.29, 1.82) is 0 Å². The third-order valence-electron chi connectivity index (χ3n) is 12.2. The third-order valence-corrected chi connectivity index (χ3v) is 12.2. The molecule has 2 aliphatic carbocycles. The van der Waals surface area contributed by atoms with E-state index in [1.54, 1.807) is 30.2 Å². The van der Waals surface area contributed by atoms with Crippen molar-refractivity contribution in [3.63, 3.8) is 0 Å². The molecule has 296 valence electrons. The van der Waals surface area contributed by atoms with Crippen LogP contribution in [0.1, 0.15) is 68.2 Å². The second-order valence-electron chi connectivity index (χ2n) is 15.3. The number of aromatic nitrogens is 5. The minimum Gasteiger partial charge on any atom is -0.453 e. The number of methoxy groups -OCH3 is 2. The molecule has 7 atom stereocenters. The number of rotatable bonds is 12. The molecule has 0 radical (unpaired) electrons. The average molecular weight is 775 g/mol. The Morgan fingerprint density at radius 1 is 0.860 bits per heavy atom. The van der Waals surface area contributed by atoms with Gasteiger partial charge in [-0.15, -0.1) is 0 Å². The van der Waals surface area contributed by atoms with Gasteiger partial charge in [-0.3, -0.25) is 9.59 Å². The lowest BCUT2D eigenvalue weighted by Crippen LogP contribution is -2.54. The first-order chi connectivity index (χ1) is 27.7. The second kappa shape index (κ2) is 16.3. The molecule has 3 unspecified atom stereocenters. The zero-order chi connectivity index (χ0) is 39.6. The van der Waals surface area contributed by atoms with Gasteiger partial charge < -0.3 is 35.0 Å². The van der Waals surface area contributed by atoms with Gasteiger partial charge in [0.25, 0.3) is 0 Å². The smallest absolute Gasteiger partial charge is 0.407 e. The highest BCUT2D eigenvalue weighted by Gasteiger charge is 2.52. The molecule has 1 aliphatic heterocycles. The van der Waals surface area contributed by atoms with E-state index >= 15 is 0 Å². The Labute approximate surface area is 330 Å². The SMILES string of the molecule is COC(=O)N[C@H](C(=O)N1CCC[C@H]1c1ncc(-c2ccc(-c3ccc(-c4cnc([C@@H]5C6CCC(C6)C5C(=O)NCc5cccnc5F)[nH]4)cc3)cc2)[nH]1)[C@@H](C)OC. The summed E-state index contributed by atoms with van der Waals surface area (Å²) in [7, 11) is 2.76. The van der Waals surface area contributed by atoms with Crippen LogP contribution in [0.5, 0.6) is 0 Å². The molecule has 2 bridgehead atoms. The molecule has 1 saturated heterocycles. The molecule has 5 aromatic rings. The molecular weight excluding hydrogens is 728 g/mol. The van der Waals surface area contributed by atoms with Crippen molar-refractivity contribution in [2.24, 2.45) is 17.8 Å². The average Bonchev–Trinajstić information content (AvgIpc) is 4.10. The number of amides is 3. The fourth-order valence-corrected chi connectivity index (χ4v) is 9.10. The van der Waals surface area contributed by atoms with Crippen molar-refractivity contribution in [1.82, 2.24) is 40.5 Å². The Morgan fingerprint density at radius 2 is 1.49 bits per heavy atom. The number of likely N-dealkylation sites (tertiary alicyclic amines) is 1. The van der Waals surface area contributed by atoms with Crippen LogP contribution in [0.2, 0.25) is 0 Å². The van der Waals surface area contributed by atoms with Crippen LogP contribution < -0.4 is 10.6 Å². The summed E-state index contributed by atoms with van der Waals surface area (Å²) in [6.07, 6.45) is 8.45. The van der Waals surface area contributed by atoms with Crippen LogP contribution >= 0.6 is 0 Å². The highest BCUT2D eigenvalue weighted by atomic mass is 19.1. The number of H-pyrrole nitrogens is 2. The molecule has 4 N–H and O–H groups in total. The van der Waals surface area contributed by atoms with Crippen molar-refractivity contribution in [3.8, 4) is 33.6 Å². The normalized spacial score (nSPS) is 22.3. The number of nitrogens with zero attached hydrogens (tertiary/aromatic N) is 4. The van der Waals surface area contributed by atoms with E-state index in [0.717, 1.165) is 71.6 Å². The molecule has 3 aromatic heterocycles. The van der Waals surface area contributed by atoms with E-state index in [0.29, 0.717) is 29.8 Å². The Hall–Kier alpha value is -5.89. The topological polar surface area (TPSA) is 167 Å². The van der Waals surface area contributed by atoms with Crippen LogP contribution in [0.25, 0.3) is 33.6 Å². The number of carbonyl (C=O) groups excluding carboxylic acids is 3. The summed E-state index contributed by atoms with van der Waals surface area (Å²) < 4.78 is 24.3. The molecule has 3 fully saturated rings. The number of fused-ring (bicyclic) bond motifs is 2. The Balaban J connectivity index is 0.918. The van der Waals surface area contributed by atoms with E-state index in [4.69, 9.17) is 14.5 Å². The van der Waals surface area contributed by atoms with Gasteiger partial charge in [-0.2, -0.15) is 4.39 Å². The van der Waals surface area contributed by atoms with Crippen molar-refractivity contribution in [2.75, 3.05) is 20.8 Å². The van der Waals surface area contributed by atoms with Gasteiger partial charge in [0, 0.05) is 37.9 Å². The van der Waals surface area contributed by atoms with E-state index < -0.39 is 24.2 Å². The Kier molecular flexibility index (Phi) is 10.9. The number of aromatic amines is 2. The number of alkyl carbamates (subject to hydrolysis) is 1. The molecule has 2 aromatic carbocycles. The largest absolute Gasteiger partial charge is 0.453 e. The lowest BCUT2D eigenvalue weighted by atomic mass is 9.78. The highest BCUT2D eigenvalue weighted by Crippen LogP contribution is 2.56. The van der Waals surface area contributed by atoms with Crippen LogP contribution in [0.4, 0.5) is 9.18 Å². The molecule has 13 nitrogen and oxygen atoms in total. The van der Waals surface area contributed by atoms with E-state index in [1.165, 1.54) is 20.4 Å². The predicted octanol–water partition coefficient (Wildman–Crippen LogP) is 6.54. The maximum Gasteiger partial charge on any atom is 0.407 e. The lowest BCUT2D eigenvalue weighted by Gasteiger charge is -2.30. The molecule has 2 saturated carbocycles. The zero-order valence-corrected chi connectivity index (χ0v) is 32.2. The molecule has 0 spiro atoms. The monoisotopic (exact) mass is 774 g/mol. The Bertz CT molecular complexity index is 2220. The van der Waals surface area contributed by atoms with E-state index in [-0.39, 0.29) is 36.2 Å². The highest BCUT2D eigenvalue weighted by molar-refractivity contribution is 5.87. The van der Waals surface area contributed by atoms with Crippen LogP contribution in [0.3, 0.4) is 0 Å². The van der Waals surface area contributed by atoms with Crippen molar-refractivity contribution in [2.45, 2.75) is 69.7 Å². The summed E-state index contributed by atoms with van der Waals surface area (Å²) in [5.41, 5.74) is 6.19. The minimum absolute atomic E-state index is 0.00742. The number of imidazole rings is 2. The molecular formula is C43H47FN8O5. The van der Waals surface area contributed by atoms with Gasteiger partial charge in [-0.05, 0) is 79.2 Å². The van der Waals surface area contributed by atoms with Gasteiger partial charge in [-0.1, -0.05) is 54.6 Å². The number of carbonyl (C=O) groups is 3. The van der Waals surface area contributed by atoms with Gasteiger partial charge in [0.05, 0.1) is 49.0 Å². The molecule has 8 rings (SSSR count). The quantitative estimate of drug-likeness (QED) is 0.104. The van der Waals surface area contributed by atoms with Gasteiger partial charge in [0.2, 0.25) is 17.8 Å². The number of pyridine rings is 1. The molecule has 3 aliphatic rings. The lowest BCUT2D eigenvalue weighted by molar-refractivity contribution is -0.137. The van der Waals surface area contributed by atoms with Crippen LogP contribution in [0, 0.1) is 23.7 Å². The fourth-order valence-electron chi connectivity index (χ4n) is 9.10. The first-order valence-corrected chi connectivity index (χ1v) is 19.6. The van der Waals surface area contributed by atoms with E-state index in [9.17, 15) is 18.8 Å². The van der Waals surface area contributed by atoms with E-state index in [2.05, 4.69) is 67.0 Å². The summed E-state index contributed by atoms with van der Waals surface area (Å²) in [6, 6.07) is 18.7. The van der Waals surface area contributed by atoms with Crippen molar-refractivity contribution >= 4 is 17.9 Å². The van der Waals surface area contributed by atoms with Crippen molar-refractivity contribution in [3.05, 3.63) is 102 Å². The van der Waals surface area contributed by atoms with Gasteiger partial charge >= 0.3 is 6.09 Å². The number of halogens is 1. The first-order valence-electron chi connectivity index (χ1n) is 19.6. The summed E-state index contributed by atoms with van der Waals surface area (Å²) in [6.45, 7) is 2.39.